The summed E-state index contributed by atoms with van der Waals surface area (Å²) in [5, 5.41) is 0. The monoisotopic (exact) mass is 124 g/mol. The standard InChI is InChI=1S/C8H12O/c1-2-8(7-9)5-3-4-6-8/h3,5,7H,2,4,6H2,1H3. The predicted molar refractivity (Wildman–Crippen MR) is 37.2 cm³/mol. The van der Waals surface area contributed by atoms with Gasteiger partial charge in [-0.25, -0.2) is 0 Å². The summed E-state index contributed by atoms with van der Waals surface area (Å²) in [6.45, 7) is 2.06. The van der Waals surface area contributed by atoms with Crippen molar-refractivity contribution in [1.82, 2.24) is 0 Å². The lowest BCUT2D eigenvalue weighted by molar-refractivity contribution is -0.114. The fourth-order valence-electron chi connectivity index (χ4n) is 1.23. The van der Waals surface area contributed by atoms with Crippen LogP contribution in [-0.4, -0.2) is 6.29 Å². The Labute approximate surface area is 55.8 Å². The molecule has 0 saturated carbocycles. The predicted octanol–water partition coefficient (Wildman–Crippen LogP) is 1.93. The van der Waals surface area contributed by atoms with Gasteiger partial charge in [-0.15, -0.1) is 0 Å². The van der Waals surface area contributed by atoms with Crippen molar-refractivity contribution in [2.45, 2.75) is 26.2 Å². The topological polar surface area (TPSA) is 17.1 Å². The molecule has 9 heavy (non-hydrogen) atoms. The number of rotatable bonds is 2. The van der Waals surface area contributed by atoms with Gasteiger partial charge in [-0.3, -0.25) is 0 Å². The molecule has 0 radical (unpaired) electrons. The number of aldehydes is 1. The van der Waals surface area contributed by atoms with Crippen LogP contribution in [0.15, 0.2) is 12.2 Å². The van der Waals surface area contributed by atoms with Crippen LogP contribution in [0.2, 0.25) is 0 Å². The summed E-state index contributed by atoms with van der Waals surface area (Å²) in [5.74, 6) is 0. The molecule has 1 rings (SSSR count). The molecule has 0 spiro atoms. The molecule has 1 atom stereocenters. The van der Waals surface area contributed by atoms with Crippen LogP contribution in [0, 0.1) is 5.41 Å². The van der Waals surface area contributed by atoms with Crippen molar-refractivity contribution in [2.24, 2.45) is 5.41 Å². The van der Waals surface area contributed by atoms with E-state index in [2.05, 4.69) is 13.0 Å². The fourth-order valence-corrected chi connectivity index (χ4v) is 1.23. The van der Waals surface area contributed by atoms with Gasteiger partial charge in [-0.05, 0) is 19.3 Å². The maximum absolute atomic E-state index is 10.5. The Bertz CT molecular complexity index is 138. The van der Waals surface area contributed by atoms with Gasteiger partial charge in [0.05, 0.1) is 0 Å². The molecule has 0 heterocycles. The van der Waals surface area contributed by atoms with Crippen LogP contribution < -0.4 is 0 Å². The van der Waals surface area contributed by atoms with Gasteiger partial charge in [0, 0.05) is 5.41 Å². The summed E-state index contributed by atoms with van der Waals surface area (Å²) >= 11 is 0. The van der Waals surface area contributed by atoms with E-state index in [-0.39, 0.29) is 5.41 Å². The van der Waals surface area contributed by atoms with E-state index in [1.807, 2.05) is 6.08 Å². The molecule has 0 aromatic rings. The van der Waals surface area contributed by atoms with Crippen LogP contribution in [0.5, 0.6) is 0 Å². The van der Waals surface area contributed by atoms with Crippen LogP contribution >= 0.6 is 0 Å². The van der Waals surface area contributed by atoms with Crippen molar-refractivity contribution < 1.29 is 4.79 Å². The minimum atomic E-state index is -0.0833. The highest BCUT2D eigenvalue weighted by atomic mass is 16.1. The molecule has 1 aliphatic carbocycles. The first-order valence-corrected chi connectivity index (χ1v) is 3.47. The first kappa shape index (κ1) is 6.53. The van der Waals surface area contributed by atoms with Gasteiger partial charge in [0.25, 0.3) is 0 Å². The molecule has 0 aliphatic heterocycles. The zero-order valence-corrected chi connectivity index (χ0v) is 5.76. The Morgan fingerprint density at radius 1 is 1.78 bits per heavy atom. The Morgan fingerprint density at radius 3 is 2.78 bits per heavy atom. The van der Waals surface area contributed by atoms with Crippen LogP contribution in [0.3, 0.4) is 0 Å². The average molecular weight is 124 g/mol. The van der Waals surface area contributed by atoms with E-state index in [1.165, 1.54) is 0 Å². The molecule has 1 aliphatic rings. The number of hydrogen-bond acceptors (Lipinski definition) is 1. The minimum Gasteiger partial charge on any atom is -0.302 e. The summed E-state index contributed by atoms with van der Waals surface area (Å²) in [4.78, 5) is 10.5. The molecule has 0 fully saturated rings. The quantitative estimate of drug-likeness (QED) is 0.406. The van der Waals surface area contributed by atoms with E-state index in [0.29, 0.717) is 0 Å². The van der Waals surface area contributed by atoms with Crippen molar-refractivity contribution in [1.29, 1.82) is 0 Å². The highest BCUT2D eigenvalue weighted by Crippen LogP contribution is 2.32. The number of hydrogen-bond donors (Lipinski definition) is 0. The lowest BCUT2D eigenvalue weighted by Crippen LogP contribution is -2.14. The van der Waals surface area contributed by atoms with Crippen molar-refractivity contribution in [3.8, 4) is 0 Å². The lowest BCUT2D eigenvalue weighted by Gasteiger charge is -2.15. The van der Waals surface area contributed by atoms with E-state index in [9.17, 15) is 4.79 Å². The first-order valence-electron chi connectivity index (χ1n) is 3.47. The lowest BCUT2D eigenvalue weighted by atomic mass is 9.87. The van der Waals surface area contributed by atoms with Crippen molar-refractivity contribution >= 4 is 6.29 Å². The zero-order valence-electron chi connectivity index (χ0n) is 5.76. The highest BCUT2D eigenvalue weighted by molar-refractivity contribution is 5.63. The van der Waals surface area contributed by atoms with E-state index in [1.54, 1.807) is 0 Å². The number of allylic oxidation sites excluding steroid dienone is 2. The molecule has 50 valence electrons. The minimum absolute atomic E-state index is 0.0833. The molecule has 1 heteroatoms. The van der Waals surface area contributed by atoms with Gasteiger partial charge >= 0.3 is 0 Å². The van der Waals surface area contributed by atoms with E-state index in [0.717, 1.165) is 25.5 Å². The van der Waals surface area contributed by atoms with Gasteiger partial charge in [0.15, 0.2) is 0 Å². The van der Waals surface area contributed by atoms with Gasteiger partial charge in [0.2, 0.25) is 0 Å². The largest absolute Gasteiger partial charge is 0.302 e. The van der Waals surface area contributed by atoms with Crippen LogP contribution in [0.25, 0.3) is 0 Å². The second kappa shape index (κ2) is 2.34. The third-order valence-corrected chi connectivity index (χ3v) is 2.12. The highest BCUT2D eigenvalue weighted by Gasteiger charge is 2.26. The average Bonchev–Trinajstić information content (AvgIpc) is 2.36. The second-order valence-corrected chi connectivity index (χ2v) is 2.65. The fraction of sp³-hybridized carbons (Fsp3) is 0.625. The molecule has 1 nitrogen and oxygen atoms in total. The third kappa shape index (κ3) is 1.04. The van der Waals surface area contributed by atoms with Crippen molar-refractivity contribution in [3.63, 3.8) is 0 Å². The first-order chi connectivity index (χ1) is 4.33. The molecule has 0 amide bonds. The summed E-state index contributed by atoms with van der Waals surface area (Å²) in [6.07, 6.45) is 8.26. The summed E-state index contributed by atoms with van der Waals surface area (Å²) in [6, 6.07) is 0. The smallest absolute Gasteiger partial charge is 0.129 e. The SMILES string of the molecule is CCC1(C=O)C=CCC1. The normalized spacial score (nSPS) is 33.0. The Kier molecular flexibility index (Phi) is 1.70. The van der Waals surface area contributed by atoms with Crippen molar-refractivity contribution in [3.05, 3.63) is 12.2 Å². The van der Waals surface area contributed by atoms with E-state index >= 15 is 0 Å². The van der Waals surface area contributed by atoms with Crippen LogP contribution in [-0.2, 0) is 4.79 Å². The molecule has 0 saturated heterocycles. The Balaban J connectivity index is 2.68. The Hall–Kier alpha value is -0.590. The molecular formula is C8H12O. The second-order valence-electron chi connectivity index (χ2n) is 2.65. The summed E-state index contributed by atoms with van der Waals surface area (Å²) in [5.41, 5.74) is -0.0833. The Morgan fingerprint density at radius 2 is 2.56 bits per heavy atom. The van der Waals surface area contributed by atoms with Crippen LogP contribution in [0.4, 0.5) is 0 Å². The molecule has 0 bridgehead atoms. The molecule has 0 N–H and O–H groups in total. The molecule has 0 aromatic carbocycles. The number of carbonyl (C=O) groups excluding carboxylic acids is 1. The zero-order chi connectivity index (χ0) is 6.74. The van der Waals surface area contributed by atoms with Gasteiger partial charge < -0.3 is 4.79 Å². The van der Waals surface area contributed by atoms with E-state index in [4.69, 9.17) is 0 Å². The van der Waals surface area contributed by atoms with Gasteiger partial charge in [-0.1, -0.05) is 19.1 Å². The summed E-state index contributed by atoms with van der Waals surface area (Å²) in [7, 11) is 0. The maximum Gasteiger partial charge on any atom is 0.129 e. The number of carbonyl (C=O) groups is 1. The third-order valence-electron chi connectivity index (χ3n) is 2.12. The van der Waals surface area contributed by atoms with Crippen molar-refractivity contribution in [2.75, 3.05) is 0 Å². The van der Waals surface area contributed by atoms with Crippen LogP contribution in [0.1, 0.15) is 26.2 Å². The molecular weight excluding hydrogens is 112 g/mol. The van der Waals surface area contributed by atoms with Gasteiger partial charge in [0.1, 0.15) is 6.29 Å². The van der Waals surface area contributed by atoms with Gasteiger partial charge in [-0.2, -0.15) is 0 Å². The molecule has 1 unspecified atom stereocenters. The summed E-state index contributed by atoms with van der Waals surface area (Å²) < 4.78 is 0. The maximum atomic E-state index is 10.5. The molecule has 0 aromatic heterocycles. The van der Waals surface area contributed by atoms with E-state index < -0.39 is 0 Å².